The third-order valence-corrected chi connectivity index (χ3v) is 12.7. The number of rotatable bonds is 5. The summed E-state index contributed by atoms with van der Waals surface area (Å²) in [5, 5.41) is 2.59. The van der Waals surface area contributed by atoms with Crippen LogP contribution in [0.25, 0.3) is 44.2 Å². The van der Waals surface area contributed by atoms with Gasteiger partial charge in [-0.25, -0.2) is 0 Å². The Hall–Kier alpha value is -6.61. The Morgan fingerprint density at radius 2 is 0.982 bits per heavy atom. The van der Waals surface area contributed by atoms with Crippen LogP contribution in [0.2, 0.25) is 0 Å². The fourth-order valence-electron chi connectivity index (χ4n) is 9.20. The summed E-state index contributed by atoms with van der Waals surface area (Å²) in [4.78, 5) is 5.02. The molecular weight excluding hydrogens is 683 g/mol. The van der Waals surface area contributed by atoms with Crippen molar-refractivity contribution in [1.29, 1.82) is 0 Å². The van der Waals surface area contributed by atoms with E-state index >= 15 is 0 Å². The van der Waals surface area contributed by atoms with Crippen LogP contribution in [0.5, 0.6) is 0 Å². The van der Waals surface area contributed by atoms with Crippen molar-refractivity contribution in [1.82, 2.24) is 0 Å². The molecule has 1 unspecified atom stereocenters. The molecule has 0 aromatic heterocycles. The van der Waals surface area contributed by atoms with Gasteiger partial charge in [-0.1, -0.05) is 176 Å². The number of benzene rings is 9. The van der Waals surface area contributed by atoms with Crippen molar-refractivity contribution >= 4 is 39.6 Å². The van der Waals surface area contributed by atoms with Crippen molar-refractivity contribution in [3.8, 4) is 33.4 Å². The molecule has 0 saturated carbocycles. The molecule has 9 aromatic carbocycles. The normalized spacial score (nSPS) is 14.9. The Morgan fingerprint density at radius 3 is 1.82 bits per heavy atom. The standard InChI is InChI=1S/C53H35NS/c1-3-15-37(16-4-1)42-20-10-13-25-49(42)54(40-18-5-2-6-19-40)41-31-27-36(28-32-41)39-29-33-45-44-22-9-11-23-46(44)53(48(45)35-39)47-24-12-14-26-50(47)55-51-34-30-38-17-7-8-21-43(38)52(51)53/h1-35H. The molecule has 2 heteroatoms. The fourth-order valence-corrected chi connectivity index (χ4v) is 10.4. The van der Waals surface area contributed by atoms with E-state index in [1.54, 1.807) is 0 Å². The van der Waals surface area contributed by atoms with Crippen LogP contribution < -0.4 is 4.90 Å². The SMILES string of the molecule is c1ccc(-c2ccccc2N(c2ccccc2)c2ccc(-c3ccc4c(c3)C3(c5ccccc5Sc5ccc6ccccc6c53)c3ccccc3-4)cc2)cc1. The van der Waals surface area contributed by atoms with E-state index in [0.717, 1.165) is 17.1 Å². The van der Waals surface area contributed by atoms with Gasteiger partial charge in [0.25, 0.3) is 0 Å². The lowest BCUT2D eigenvalue weighted by molar-refractivity contribution is 0.731. The van der Waals surface area contributed by atoms with Crippen molar-refractivity contribution in [2.45, 2.75) is 15.2 Å². The van der Waals surface area contributed by atoms with Gasteiger partial charge in [-0.05, 0) is 109 Å². The first-order valence-corrected chi connectivity index (χ1v) is 19.7. The first-order valence-electron chi connectivity index (χ1n) is 18.9. The largest absolute Gasteiger partial charge is 0.310 e. The second kappa shape index (κ2) is 12.8. The minimum Gasteiger partial charge on any atom is -0.310 e. The highest BCUT2D eigenvalue weighted by Crippen LogP contribution is 2.63. The van der Waals surface area contributed by atoms with Gasteiger partial charge in [-0.15, -0.1) is 0 Å². The highest BCUT2D eigenvalue weighted by atomic mass is 32.2. The molecule has 9 aromatic rings. The van der Waals surface area contributed by atoms with Crippen molar-refractivity contribution in [3.63, 3.8) is 0 Å². The molecular formula is C53H35NS. The van der Waals surface area contributed by atoms with Crippen LogP contribution in [0.3, 0.4) is 0 Å². The second-order valence-electron chi connectivity index (χ2n) is 14.4. The third kappa shape index (κ3) is 4.88. The average molecular weight is 718 g/mol. The maximum absolute atomic E-state index is 2.49. The van der Waals surface area contributed by atoms with Crippen molar-refractivity contribution < 1.29 is 0 Å². The summed E-state index contributed by atoms with van der Waals surface area (Å²) in [6, 6.07) is 78.1. The van der Waals surface area contributed by atoms with Gasteiger partial charge in [0.1, 0.15) is 0 Å². The van der Waals surface area contributed by atoms with E-state index in [2.05, 4.69) is 217 Å². The first kappa shape index (κ1) is 31.9. The summed E-state index contributed by atoms with van der Waals surface area (Å²) < 4.78 is 0. The Labute approximate surface area is 326 Å². The van der Waals surface area contributed by atoms with E-state index < -0.39 is 5.41 Å². The lowest BCUT2D eigenvalue weighted by Crippen LogP contribution is -2.32. The van der Waals surface area contributed by atoms with E-state index in [1.807, 2.05) is 11.8 Å². The third-order valence-electron chi connectivity index (χ3n) is 11.5. The van der Waals surface area contributed by atoms with Gasteiger partial charge >= 0.3 is 0 Å². The number of fused-ring (bicyclic) bond motifs is 11. The highest BCUT2D eigenvalue weighted by Gasteiger charge is 2.51. The average Bonchev–Trinajstić information content (AvgIpc) is 3.54. The fraction of sp³-hybridized carbons (Fsp3) is 0.0189. The molecule has 1 aliphatic heterocycles. The van der Waals surface area contributed by atoms with Crippen LogP contribution in [0.1, 0.15) is 22.3 Å². The quantitative estimate of drug-likeness (QED) is 0.174. The van der Waals surface area contributed by atoms with Crippen LogP contribution in [0.4, 0.5) is 17.1 Å². The topological polar surface area (TPSA) is 3.24 Å². The number of hydrogen-bond donors (Lipinski definition) is 0. The number of hydrogen-bond acceptors (Lipinski definition) is 2. The van der Waals surface area contributed by atoms with Gasteiger partial charge in [0.2, 0.25) is 0 Å². The van der Waals surface area contributed by atoms with E-state index in [0.29, 0.717) is 0 Å². The number of nitrogens with zero attached hydrogens (tertiary/aromatic N) is 1. The monoisotopic (exact) mass is 717 g/mol. The maximum atomic E-state index is 2.49. The molecule has 1 aliphatic carbocycles. The highest BCUT2D eigenvalue weighted by molar-refractivity contribution is 7.99. The van der Waals surface area contributed by atoms with E-state index in [-0.39, 0.29) is 0 Å². The zero-order chi connectivity index (χ0) is 36.3. The van der Waals surface area contributed by atoms with Crippen LogP contribution in [-0.4, -0.2) is 0 Å². The van der Waals surface area contributed by atoms with Gasteiger partial charge < -0.3 is 4.90 Å². The van der Waals surface area contributed by atoms with Crippen molar-refractivity contribution in [3.05, 3.63) is 235 Å². The molecule has 0 amide bonds. The Kier molecular flexibility index (Phi) is 7.40. The minimum atomic E-state index is -0.453. The second-order valence-corrected chi connectivity index (χ2v) is 15.5. The van der Waals surface area contributed by atoms with E-state index in [4.69, 9.17) is 0 Å². The van der Waals surface area contributed by atoms with E-state index in [1.165, 1.54) is 76.2 Å². The summed E-state index contributed by atoms with van der Waals surface area (Å²) in [6.07, 6.45) is 0. The molecule has 0 saturated heterocycles. The number of anilines is 3. The molecule has 55 heavy (non-hydrogen) atoms. The summed E-state index contributed by atoms with van der Waals surface area (Å²) in [7, 11) is 0. The molecule has 258 valence electrons. The molecule has 11 rings (SSSR count). The van der Waals surface area contributed by atoms with Crippen molar-refractivity contribution in [2.24, 2.45) is 0 Å². The number of para-hydroxylation sites is 2. The van der Waals surface area contributed by atoms with Gasteiger partial charge in [-0.3, -0.25) is 0 Å². The van der Waals surface area contributed by atoms with Crippen LogP contribution >= 0.6 is 11.8 Å². The Balaban J connectivity index is 1.09. The molecule has 1 heterocycles. The Morgan fingerprint density at radius 1 is 0.364 bits per heavy atom. The smallest absolute Gasteiger partial charge is 0.0741 e. The van der Waals surface area contributed by atoms with Gasteiger partial charge in [0, 0.05) is 26.7 Å². The van der Waals surface area contributed by atoms with Crippen LogP contribution in [0.15, 0.2) is 222 Å². The molecule has 0 N–H and O–H groups in total. The zero-order valence-corrected chi connectivity index (χ0v) is 30.9. The van der Waals surface area contributed by atoms with Crippen LogP contribution in [-0.2, 0) is 5.41 Å². The van der Waals surface area contributed by atoms with Crippen molar-refractivity contribution in [2.75, 3.05) is 4.90 Å². The lowest BCUT2D eigenvalue weighted by Gasteiger charge is -2.40. The maximum Gasteiger partial charge on any atom is 0.0741 e. The predicted molar refractivity (Wildman–Crippen MR) is 231 cm³/mol. The van der Waals surface area contributed by atoms with Gasteiger partial charge in [0.05, 0.1) is 11.1 Å². The first-order chi connectivity index (χ1) is 27.3. The van der Waals surface area contributed by atoms with Crippen LogP contribution in [0, 0.1) is 0 Å². The lowest BCUT2D eigenvalue weighted by atomic mass is 9.66. The summed E-state index contributed by atoms with van der Waals surface area (Å²) in [5.74, 6) is 0. The predicted octanol–water partition coefficient (Wildman–Crippen LogP) is 14.5. The molecule has 2 aliphatic rings. The molecule has 0 bridgehead atoms. The molecule has 0 radical (unpaired) electrons. The molecule has 1 atom stereocenters. The van der Waals surface area contributed by atoms with Gasteiger partial charge in [-0.2, -0.15) is 0 Å². The Bertz CT molecular complexity index is 2900. The summed E-state index contributed by atoms with van der Waals surface area (Å²) in [6.45, 7) is 0. The van der Waals surface area contributed by atoms with Gasteiger partial charge in [0.15, 0.2) is 0 Å². The summed E-state index contributed by atoms with van der Waals surface area (Å²) in [5.41, 5.74) is 15.8. The molecule has 1 nitrogen and oxygen atoms in total. The summed E-state index contributed by atoms with van der Waals surface area (Å²) >= 11 is 1.90. The zero-order valence-electron chi connectivity index (χ0n) is 30.1. The molecule has 0 fully saturated rings. The van der Waals surface area contributed by atoms with E-state index in [9.17, 15) is 0 Å². The molecule has 1 spiro atoms. The minimum absolute atomic E-state index is 0.453.